The molecule has 2 aromatic rings. The fraction of sp³-hybridized carbons (Fsp3) is 0.517. The average molecular weight is 583 g/mol. The highest BCUT2D eigenvalue weighted by Gasteiger charge is 2.51. The lowest BCUT2D eigenvalue weighted by Gasteiger charge is -2.51. The van der Waals surface area contributed by atoms with E-state index in [9.17, 15) is 22.8 Å². The molecule has 10 heteroatoms. The quantitative estimate of drug-likeness (QED) is 0.286. The molecule has 1 amide bonds. The van der Waals surface area contributed by atoms with Gasteiger partial charge in [0.25, 0.3) is 5.91 Å². The van der Waals surface area contributed by atoms with Crippen molar-refractivity contribution in [1.82, 2.24) is 9.80 Å². The molecule has 1 atom stereocenters. The molecule has 2 aromatic carbocycles. The van der Waals surface area contributed by atoms with Crippen molar-refractivity contribution in [1.29, 1.82) is 0 Å². The van der Waals surface area contributed by atoms with Crippen molar-refractivity contribution >= 4 is 35.2 Å². The van der Waals surface area contributed by atoms with E-state index < -0.39 is 23.7 Å². The molecule has 4 rings (SSSR count). The molecule has 1 unspecified atom stereocenters. The monoisotopic (exact) mass is 582 g/mol. The van der Waals surface area contributed by atoms with E-state index in [1.165, 1.54) is 0 Å². The van der Waals surface area contributed by atoms with E-state index in [0.29, 0.717) is 56.0 Å². The lowest BCUT2D eigenvalue weighted by atomic mass is 9.69. The number of halogens is 4. The van der Waals surface area contributed by atoms with Crippen LogP contribution in [-0.4, -0.2) is 64.9 Å². The molecule has 2 aliphatic rings. The number of ether oxygens (including phenoxy) is 1. The predicted octanol–water partition coefficient (Wildman–Crippen LogP) is 6.83. The van der Waals surface area contributed by atoms with Crippen LogP contribution < -0.4 is 0 Å². The molecule has 2 heterocycles. The molecule has 0 saturated carbocycles. The highest BCUT2D eigenvalue weighted by atomic mass is 35.5. The number of alkyl halides is 3. The van der Waals surface area contributed by atoms with Crippen molar-refractivity contribution < 1.29 is 27.5 Å². The Kier molecular flexibility index (Phi) is 8.93. The van der Waals surface area contributed by atoms with Gasteiger partial charge in [0.15, 0.2) is 0 Å². The Bertz CT molecular complexity index is 1180. The maximum atomic E-state index is 13.2. The van der Waals surface area contributed by atoms with Crippen molar-refractivity contribution in [3.8, 4) is 0 Å². The van der Waals surface area contributed by atoms with E-state index in [2.05, 4.69) is 31.7 Å². The Morgan fingerprint density at radius 2 is 1.62 bits per heavy atom. The number of esters is 1. The molecule has 0 radical (unpaired) electrons. The van der Waals surface area contributed by atoms with Crippen LogP contribution in [0.2, 0.25) is 5.02 Å². The van der Waals surface area contributed by atoms with Crippen molar-refractivity contribution in [2.24, 2.45) is 5.41 Å². The molecule has 1 spiro atoms. The highest BCUT2D eigenvalue weighted by Crippen LogP contribution is 2.44. The number of piperidine rings is 2. The Morgan fingerprint density at radius 3 is 2.23 bits per heavy atom. The van der Waals surface area contributed by atoms with Crippen LogP contribution >= 0.6 is 23.4 Å². The summed E-state index contributed by atoms with van der Waals surface area (Å²) in [5.74, 6) is -2.30. The number of hydrogen-bond donors (Lipinski definition) is 0. The summed E-state index contributed by atoms with van der Waals surface area (Å²) in [6.07, 6.45) is -4.47. The van der Waals surface area contributed by atoms with Crippen LogP contribution in [0.25, 0.3) is 0 Å². The van der Waals surface area contributed by atoms with Gasteiger partial charge >= 0.3 is 12.1 Å². The third-order valence-corrected chi connectivity index (χ3v) is 8.92. The minimum Gasteiger partial charge on any atom is -0.454 e. The molecule has 2 aliphatic heterocycles. The van der Waals surface area contributed by atoms with Gasteiger partial charge in [0.2, 0.25) is 0 Å². The summed E-state index contributed by atoms with van der Waals surface area (Å²) in [5, 5.41) is 0.532. The summed E-state index contributed by atoms with van der Waals surface area (Å²) in [6, 6.07) is 14.7. The second-order valence-electron chi connectivity index (χ2n) is 11.4. The van der Waals surface area contributed by atoms with Gasteiger partial charge in [-0.15, -0.1) is 11.8 Å². The third-order valence-electron chi connectivity index (χ3n) is 7.43. The maximum absolute atomic E-state index is 13.2. The Morgan fingerprint density at radius 1 is 1.00 bits per heavy atom. The summed E-state index contributed by atoms with van der Waals surface area (Å²) in [4.78, 5) is 29.9. The molecule has 2 saturated heterocycles. The standard InChI is InChI=1S/C29H34ClF3N2O3S/c1-27(2,3)39-23-7-5-4-6-21(23)18-34-15-12-28(24(19-34)38-26(37)29(31,32)33)13-16-35(17-14-28)25(36)20-8-10-22(30)11-9-20/h4-11,24H,12-19H2,1-3H3. The highest BCUT2D eigenvalue weighted by molar-refractivity contribution is 8.00. The Labute approximate surface area is 237 Å². The number of amides is 1. The van der Waals surface area contributed by atoms with Crippen molar-refractivity contribution in [3.63, 3.8) is 0 Å². The summed E-state index contributed by atoms with van der Waals surface area (Å²) in [5.41, 5.74) is 0.989. The van der Waals surface area contributed by atoms with Crippen LogP contribution in [0, 0.1) is 5.41 Å². The fourth-order valence-corrected chi connectivity index (χ4v) is 6.57. The molecular formula is C29H34ClF3N2O3S. The number of carbonyl (C=O) groups is 2. The normalized spacial score (nSPS) is 20.2. The van der Waals surface area contributed by atoms with Gasteiger partial charge in [-0.25, -0.2) is 4.79 Å². The number of carbonyl (C=O) groups excluding carboxylic acids is 2. The number of benzene rings is 2. The van der Waals surface area contributed by atoms with Crippen molar-refractivity contribution in [3.05, 3.63) is 64.7 Å². The smallest absolute Gasteiger partial charge is 0.454 e. The SMILES string of the molecule is CC(C)(C)Sc1ccccc1CN1CCC2(CCN(C(=O)c3ccc(Cl)cc3)CC2)C(OC(=O)C(F)(F)F)C1. The minimum atomic E-state index is -5.06. The lowest BCUT2D eigenvalue weighted by molar-refractivity contribution is -0.216. The summed E-state index contributed by atoms with van der Waals surface area (Å²) in [7, 11) is 0. The van der Waals surface area contributed by atoms with E-state index in [1.807, 2.05) is 18.2 Å². The molecule has 2 fully saturated rings. The van der Waals surface area contributed by atoms with Gasteiger partial charge in [0.05, 0.1) is 0 Å². The zero-order valence-corrected chi connectivity index (χ0v) is 24.0. The zero-order chi connectivity index (χ0) is 28.4. The summed E-state index contributed by atoms with van der Waals surface area (Å²) in [6.45, 7) is 8.60. The number of hydrogen-bond acceptors (Lipinski definition) is 5. The van der Waals surface area contributed by atoms with Gasteiger partial charge in [-0.3, -0.25) is 9.69 Å². The summed E-state index contributed by atoms with van der Waals surface area (Å²) < 4.78 is 44.9. The average Bonchev–Trinajstić information content (AvgIpc) is 2.86. The number of likely N-dealkylation sites (tertiary alicyclic amines) is 2. The van der Waals surface area contributed by atoms with Crippen LogP contribution in [0.4, 0.5) is 13.2 Å². The van der Waals surface area contributed by atoms with Crippen LogP contribution in [0.15, 0.2) is 53.4 Å². The first-order valence-electron chi connectivity index (χ1n) is 13.1. The first-order chi connectivity index (χ1) is 18.3. The molecule has 0 aliphatic carbocycles. The number of rotatable bonds is 5. The van der Waals surface area contributed by atoms with Crippen molar-refractivity contribution in [2.45, 2.75) is 68.5 Å². The predicted molar refractivity (Wildman–Crippen MR) is 147 cm³/mol. The van der Waals surface area contributed by atoms with Gasteiger partial charge in [-0.2, -0.15) is 13.2 Å². The Balaban J connectivity index is 1.49. The van der Waals surface area contributed by atoms with Crippen molar-refractivity contribution in [2.75, 3.05) is 26.2 Å². The van der Waals surface area contributed by atoms with E-state index in [-0.39, 0.29) is 17.2 Å². The molecule has 212 valence electrons. The molecule has 0 N–H and O–H groups in total. The second-order valence-corrected chi connectivity index (χ2v) is 13.7. The van der Waals surface area contributed by atoms with Crippen LogP contribution in [-0.2, 0) is 16.1 Å². The fourth-order valence-electron chi connectivity index (χ4n) is 5.37. The molecule has 0 aromatic heterocycles. The molecule has 5 nitrogen and oxygen atoms in total. The number of nitrogens with zero attached hydrogens (tertiary/aromatic N) is 2. The van der Waals surface area contributed by atoms with E-state index in [0.717, 1.165) is 10.5 Å². The molecule has 39 heavy (non-hydrogen) atoms. The first kappa shape index (κ1) is 29.7. The molecular weight excluding hydrogens is 549 g/mol. The van der Waals surface area contributed by atoms with Gasteiger partial charge in [-0.05, 0) is 61.7 Å². The first-order valence-corrected chi connectivity index (χ1v) is 14.3. The van der Waals surface area contributed by atoms with E-state index in [1.54, 1.807) is 40.9 Å². The minimum absolute atomic E-state index is 0.00422. The van der Waals surface area contributed by atoms with Gasteiger partial charge < -0.3 is 9.64 Å². The zero-order valence-electron chi connectivity index (χ0n) is 22.4. The number of thioether (sulfide) groups is 1. The summed E-state index contributed by atoms with van der Waals surface area (Å²) >= 11 is 7.69. The lowest BCUT2D eigenvalue weighted by Crippen LogP contribution is -2.57. The van der Waals surface area contributed by atoms with Gasteiger partial charge in [-0.1, -0.05) is 50.6 Å². The largest absolute Gasteiger partial charge is 0.490 e. The van der Waals surface area contributed by atoms with Crippen LogP contribution in [0.5, 0.6) is 0 Å². The Hall–Kier alpha value is -2.23. The topological polar surface area (TPSA) is 49.9 Å². The third kappa shape index (κ3) is 7.50. The second kappa shape index (κ2) is 11.7. The molecule has 0 bridgehead atoms. The van der Waals surface area contributed by atoms with Crippen LogP contribution in [0.1, 0.15) is 56.0 Å². The van der Waals surface area contributed by atoms with E-state index in [4.69, 9.17) is 16.3 Å². The van der Waals surface area contributed by atoms with Crippen LogP contribution in [0.3, 0.4) is 0 Å². The van der Waals surface area contributed by atoms with Gasteiger partial charge in [0, 0.05) is 51.8 Å². The van der Waals surface area contributed by atoms with E-state index >= 15 is 0 Å². The van der Waals surface area contributed by atoms with Gasteiger partial charge in [0.1, 0.15) is 6.10 Å². The maximum Gasteiger partial charge on any atom is 0.490 e.